The summed E-state index contributed by atoms with van der Waals surface area (Å²) in [6.45, 7) is 0. The molecule has 0 saturated heterocycles. The fourth-order valence-electron chi connectivity index (χ4n) is 2.13. The third-order valence-corrected chi connectivity index (χ3v) is 3.21. The lowest BCUT2D eigenvalue weighted by atomic mass is 9.96. The van der Waals surface area contributed by atoms with Crippen molar-refractivity contribution in [2.75, 3.05) is 14.2 Å². The first-order valence-corrected chi connectivity index (χ1v) is 6.30. The molecule has 0 aliphatic heterocycles. The molecule has 0 radical (unpaired) electrons. The zero-order valence-corrected chi connectivity index (χ0v) is 11.7. The van der Waals surface area contributed by atoms with E-state index in [1.165, 1.54) is 20.3 Å². The van der Waals surface area contributed by atoms with Crippen LogP contribution < -0.4 is 9.47 Å². The molecule has 5 nitrogen and oxygen atoms in total. The van der Waals surface area contributed by atoms with Gasteiger partial charge in [0.05, 0.1) is 19.8 Å². The highest BCUT2D eigenvalue weighted by Gasteiger charge is 2.19. The van der Waals surface area contributed by atoms with E-state index in [0.717, 1.165) is 0 Å². The van der Waals surface area contributed by atoms with Gasteiger partial charge in [-0.3, -0.25) is 0 Å². The topological polar surface area (TPSA) is 76.0 Å². The van der Waals surface area contributed by atoms with Gasteiger partial charge in [0.2, 0.25) is 0 Å². The zero-order chi connectivity index (χ0) is 15.4. The third-order valence-electron chi connectivity index (χ3n) is 3.21. The molecule has 110 valence electrons. The SMILES string of the molecule is COc1ccc(C(O)c2ccccc2C(=O)O)cc1OC. The van der Waals surface area contributed by atoms with E-state index in [0.29, 0.717) is 22.6 Å². The van der Waals surface area contributed by atoms with Crippen molar-refractivity contribution in [3.8, 4) is 11.5 Å². The van der Waals surface area contributed by atoms with Crippen LogP contribution in [0.4, 0.5) is 0 Å². The highest BCUT2D eigenvalue weighted by atomic mass is 16.5. The molecule has 0 aliphatic carbocycles. The van der Waals surface area contributed by atoms with Crippen molar-refractivity contribution < 1.29 is 24.5 Å². The van der Waals surface area contributed by atoms with Crippen LogP contribution in [0.1, 0.15) is 27.6 Å². The van der Waals surface area contributed by atoms with Crippen molar-refractivity contribution in [3.63, 3.8) is 0 Å². The molecule has 0 aliphatic rings. The Balaban J connectivity index is 2.45. The van der Waals surface area contributed by atoms with E-state index in [-0.39, 0.29) is 5.56 Å². The smallest absolute Gasteiger partial charge is 0.336 e. The zero-order valence-electron chi connectivity index (χ0n) is 11.7. The van der Waals surface area contributed by atoms with Gasteiger partial charge in [0.1, 0.15) is 6.10 Å². The summed E-state index contributed by atoms with van der Waals surface area (Å²) in [7, 11) is 3.02. The van der Waals surface area contributed by atoms with Crippen molar-refractivity contribution in [2.24, 2.45) is 0 Å². The van der Waals surface area contributed by atoms with Gasteiger partial charge in [0.15, 0.2) is 11.5 Å². The summed E-state index contributed by atoms with van der Waals surface area (Å²) in [5.74, 6) is -0.0630. The number of ether oxygens (including phenoxy) is 2. The summed E-state index contributed by atoms with van der Waals surface area (Å²) < 4.78 is 10.3. The van der Waals surface area contributed by atoms with Crippen molar-refractivity contribution in [1.29, 1.82) is 0 Å². The van der Waals surface area contributed by atoms with Crippen LogP contribution in [0.3, 0.4) is 0 Å². The van der Waals surface area contributed by atoms with Crippen molar-refractivity contribution in [2.45, 2.75) is 6.10 Å². The van der Waals surface area contributed by atoms with E-state index >= 15 is 0 Å². The minimum Gasteiger partial charge on any atom is -0.493 e. The van der Waals surface area contributed by atoms with Crippen molar-refractivity contribution >= 4 is 5.97 Å². The molecule has 0 aromatic heterocycles. The fourth-order valence-corrected chi connectivity index (χ4v) is 2.13. The van der Waals surface area contributed by atoms with Crippen molar-refractivity contribution in [1.82, 2.24) is 0 Å². The molecule has 1 atom stereocenters. The second-order valence-corrected chi connectivity index (χ2v) is 4.41. The summed E-state index contributed by atoms with van der Waals surface area (Å²) >= 11 is 0. The largest absolute Gasteiger partial charge is 0.493 e. The monoisotopic (exact) mass is 288 g/mol. The van der Waals surface area contributed by atoms with Crippen LogP contribution in [0.15, 0.2) is 42.5 Å². The van der Waals surface area contributed by atoms with Gasteiger partial charge < -0.3 is 19.7 Å². The van der Waals surface area contributed by atoms with E-state index in [9.17, 15) is 15.0 Å². The number of carboxylic acids is 1. The first-order chi connectivity index (χ1) is 10.1. The molecule has 0 fully saturated rings. The number of aliphatic hydroxyl groups excluding tert-OH is 1. The predicted molar refractivity (Wildman–Crippen MR) is 77.0 cm³/mol. The second kappa shape index (κ2) is 6.28. The minimum atomic E-state index is -1.08. The molecular weight excluding hydrogens is 272 g/mol. The van der Waals surface area contributed by atoms with Crippen LogP contribution >= 0.6 is 0 Å². The van der Waals surface area contributed by atoms with Crippen LogP contribution in [0.2, 0.25) is 0 Å². The van der Waals surface area contributed by atoms with Crippen LogP contribution in [0.5, 0.6) is 11.5 Å². The van der Waals surface area contributed by atoms with Gasteiger partial charge in [-0.05, 0) is 29.3 Å². The summed E-state index contributed by atoms with van der Waals surface area (Å²) in [5.41, 5.74) is 0.929. The lowest BCUT2D eigenvalue weighted by Crippen LogP contribution is -2.08. The third kappa shape index (κ3) is 2.98. The van der Waals surface area contributed by atoms with Crippen LogP contribution in [0.25, 0.3) is 0 Å². The average Bonchev–Trinajstić information content (AvgIpc) is 2.53. The maximum atomic E-state index is 11.2. The van der Waals surface area contributed by atoms with Gasteiger partial charge in [-0.1, -0.05) is 24.3 Å². The molecule has 21 heavy (non-hydrogen) atoms. The standard InChI is InChI=1S/C16H16O5/c1-20-13-8-7-10(9-14(13)21-2)15(17)11-5-3-4-6-12(11)16(18)19/h3-9,15,17H,1-2H3,(H,18,19). The molecule has 5 heteroatoms. The second-order valence-electron chi connectivity index (χ2n) is 4.41. The minimum absolute atomic E-state index is 0.0692. The van der Waals surface area contributed by atoms with E-state index in [2.05, 4.69) is 0 Å². The normalized spacial score (nSPS) is 11.8. The molecular formula is C16H16O5. The Hall–Kier alpha value is -2.53. The molecule has 0 amide bonds. The molecule has 2 rings (SSSR count). The molecule has 2 aromatic rings. The maximum Gasteiger partial charge on any atom is 0.336 e. The van der Waals surface area contributed by atoms with Gasteiger partial charge in [0, 0.05) is 0 Å². The van der Waals surface area contributed by atoms with Gasteiger partial charge >= 0.3 is 5.97 Å². The molecule has 2 N–H and O–H groups in total. The van der Waals surface area contributed by atoms with Gasteiger partial charge in [-0.2, -0.15) is 0 Å². The van der Waals surface area contributed by atoms with Crippen LogP contribution in [-0.2, 0) is 0 Å². The summed E-state index contributed by atoms with van der Waals surface area (Å²) in [6, 6.07) is 11.3. The Labute approximate surface area is 122 Å². The highest BCUT2D eigenvalue weighted by Crippen LogP contribution is 2.33. The molecule has 1 unspecified atom stereocenters. The first-order valence-electron chi connectivity index (χ1n) is 6.30. The van der Waals surface area contributed by atoms with E-state index in [4.69, 9.17) is 9.47 Å². The summed E-state index contributed by atoms with van der Waals surface area (Å²) in [4.78, 5) is 11.2. The van der Waals surface area contributed by atoms with E-state index in [1.54, 1.807) is 36.4 Å². The summed E-state index contributed by atoms with van der Waals surface area (Å²) in [5, 5.41) is 19.6. The first kappa shape index (κ1) is 14.9. The Kier molecular flexibility index (Phi) is 4.45. The highest BCUT2D eigenvalue weighted by molar-refractivity contribution is 5.89. The molecule has 0 bridgehead atoms. The number of methoxy groups -OCH3 is 2. The van der Waals surface area contributed by atoms with Gasteiger partial charge in [0.25, 0.3) is 0 Å². The maximum absolute atomic E-state index is 11.2. The number of hydrogen-bond donors (Lipinski definition) is 2. The van der Waals surface area contributed by atoms with Gasteiger partial charge in [-0.25, -0.2) is 4.79 Å². The van der Waals surface area contributed by atoms with Crippen LogP contribution in [-0.4, -0.2) is 30.4 Å². The predicted octanol–water partition coefficient (Wildman–Crippen LogP) is 2.48. The number of rotatable bonds is 5. The number of carbonyl (C=O) groups is 1. The fraction of sp³-hybridized carbons (Fsp3) is 0.188. The van der Waals surface area contributed by atoms with E-state index in [1.807, 2.05) is 0 Å². The molecule has 0 spiro atoms. The lowest BCUT2D eigenvalue weighted by molar-refractivity contribution is 0.0691. The Morgan fingerprint density at radius 3 is 2.33 bits per heavy atom. The van der Waals surface area contributed by atoms with E-state index < -0.39 is 12.1 Å². The number of carboxylic acid groups (broad SMARTS) is 1. The van der Waals surface area contributed by atoms with Crippen molar-refractivity contribution in [3.05, 3.63) is 59.2 Å². The lowest BCUT2D eigenvalue weighted by Gasteiger charge is -2.16. The number of aromatic carboxylic acids is 1. The number of aliphatic hydroxyl groups is 1. The average molecular weight is 288 g/mol. The number of hydrogen-bond acceptors (Lipinski definition) is 4. The van der Waals surface area contributed by atoms with Gasteiger partial charge in [-0.15, -0.1) is 0 Å². The quantitative estimate of drug-likeness (QED) is 0.884. The Morgan fingerprint density at radius 1 is 1.05 bits per heavy atom. The molecule has 0 heterocycles. The molecule has 0 saturated carbocycles. The molecule has 2 aromatic carbocycles. The van der Waals surface area contributed by atoms with Crippen LogP contribution in [0, 0.1) is 0 Å². The summed E-state index contributed by atoms with van der Waals surface area (Å²) in [6.07, 6.45) is -1.06. The number of benzene rings is 2. The Bertz CT molecular complexity index is 651. The Morgan fingerprint density at radius 2 is 1.71 bits per heavy atom.